The van der Waals surface area contributed by atoms with Crippen LogP contribution < -0.4 is 0 Å². The van der Waals surface area contributed by atoms with Crippen molar-refractivity contribution in [2.45, 2.75) is 64.9 Å². The molecule has 0 N–H and O–H groups in total. The van der Waals surface area contributed by atoms with Crippen LogP contribution in [0.25, 0.3) is 0 Å². The number of carbonyl (C=O) groups is 1. The lowest BCUT2D eigenvalue weighted by atomic mass is 10.0. The molecule has 1 aliphatic heterocycles. The Hall–Kier alpha value is -0.530. The molecule has 0 bridgehead atoms. The zero-order valence-electron chi connectivity index (χ0n) is 9.42. The summed E-state index contributed by atoms with van der Waals surface area (Å²) in [4.78, 5) is 10.8. The molecular weight excluding hydrogens is 176 g/mol. The molecule has 0 spiro atoms. The van der Waals surface area contributed by atoms with Crippen molar-refractivity contribution in [3.05, 3.63) is 0 Å². The molecule has 1 fully saturated rings. The zero-order valence-corrected chi connectivity index (χ0v) is 9.42. The number of esters is 1. The average molecular weight is 198 g/mol. The molecule has 2 nitrogen and oxygen atoms in total. The minimum Gasteiger partial charge on any atom is -0.462 e. The maximum absolute atomic E-state index is 10.8. The molecule has 0 radical (unpaired) electrons. The molecule has 1 atom stereocenters. The molecule has 0 aromatic heterocycles. The summed E-state index contributed by atoms with van der Waals surface area (Å²) in [7, 11) is 0. The van der Waals surface area contributed by atoms with Gasteiger partial charge in [0, 0.05) is 6.42 Å². The van der Waals surface area contributed by atoms with E-state index in [9.17, 15) is 4.79 Å². The summed E-state index contributed by atoms with van der Waals surface area (Å²) in [5, 5.41) is 0. The molecule has 82 valence electrons. The monoisotopic (exact) mass is 198 g/mol. The first-order chi connectivity index (χ1) is 6.68. The highest BCUT2D eigenvalue weighted by atomic mass is 16.5. The number of carbonyl (C=O) groups excluding carboxylic acids is 1. The first-order valence-electron chi connectivity index (χ1n) is 5.88. The van der Waals surface area contributed by atoms with E-state index in [1.165, 1.54) is 25.7 Å². The Morgan fingerprint density at radius 3 is 2.71 bits per heavy atom. The van der Waals surface area contributed by atoms with Gasteiger partial charge >= 0.3 is 5.97 Å². The molecule has 2 heteroatoms. The third kappa shape index (κ3) is 4.64. The van der Waals surface area contributed by atoms with Crippen LogP contribution in [0.1, 0.15) is 58.8 Å². The molecule has 1 saturated heterocycles. The number of ether oxygens (including phenoxy) is 1. The molecule has 1 rings (SSSR count). The van der Waals surface area contributed by atoms with Gasteiger partial charge in [0.1, 0.15) is 6.10 Å². The van der Waals surface area contributed by atoms with Gasteiger partial charge in [-0.15, -0.1) is 0 Å². The van der Waals surface area contributed by atoms with E-state index in [0.29, 0.717) is 6.42 Å². The summed E-state index contributed by atoms with van der Waals surface area (Å²) in [6.45, 7) is 4.53. The highest BCUT2D eigenvalue weighted by Crippen LogP contribution is 2.20. The summed E-state index contributed by atoms with van der Waals surface area (Å²) in [6, 6.07) is 0. The molecule has 0 aromatic carbocycles. The molecule has 0 amide bonds. The predicted molar refractivity (Wildman–Crippen MR) is 57.0 cm³/mol. The van der Waals surface area contributed by atoms with Crippen LogP contribution in [0.2, 0.25) is 0 Å². The lowest BCUT2D eigenvalue weighted by molar-refractivity contribution is -0.141. The van der Waals surface area contributed by atoms with Crippen LogP contribution in [-0.2, 0) is 9.53 Å². The van der Waals surface area contributed by atoms with Crippen molar-refractivity contribution in [1.29, 1.82) is 0 Å². The Bertz CT molecular complexity index is 175. The molecule has 0 aromatic rings. The van der Waals surface area contributed by atoms with Crippen molar-refractivity contribution in [1.82, 2.24) is 0 Å². The van der Waals surface area contributed by atoms with Crippen molar-refractivity contribution in [2.24, 2.45) is 5.92 Å². The molecule has 1 heterocycles. The van der Waals surface area contributed by atoms with Crippen molar-refractivity contribution in [3.8, 4) is 0 Å². The Balaban J connectivity index is 1.91. The van der Waals surface area contributed by atoms with Crippen LogP contribution in [0.15, 0.2) is 0 Å². The second-order valence-electron chi connectivity index (χ2n) is 4.68. The topological polar surface area (TPSA) is 26.3 Å². The van der Waals surface area contributed by atoms with Crippen LogP contribution in [-0.4, -0.2) is 12.1 Å². The Morgan fingerprint density at radius 1 is 1.36 bits per heavy atom. The molecule has 14 heavy (non-hydrogen) atoms. The Morgan fingerprint density at radius 2 is 2.14 bits per heavy atom. The zero-order chi connectivity index (χ0) is 10.4. The third-order valence-corrected chi connectivity index (χ3v) is 2.78. The number of hydrogen-bond donors (Lipinski definition) is 0. The van der Waals surface area contributed by atoms with Crippen molar-refractivity contribution >= 4 is 5.97 Å². The van der Waals surface area contributed by atoms with E-state index < -0.39 is 0 Å². The molecule has 1 aliphatic rings. The van der Waals surface area contributed by atoms with E-state index in [-0.39, 0.29) is 12.1 Å². The Labute approximate surface area is 87.0 Å². The van der Waals surface area contributed by atoms with Crippen LogP contribution in [0, 0.1) is 5.92 Å². The average Bonchev–Trinajstić information content (AvgIpc) is 2.50. The van der Waals surface area contributed by atoms with E-state index in [0.717, 1.165) is 18.8 Å². The highest BCUT2D eigenvalue weighted by molar-refractivity contribution is 5.71. The van der Waals surface area contributed by atoms with Gasteiger partial charge in [-0.3, -0.25) is 4.79 Å². The smallest absolute Gasteiger partial charge is 0.306 e. The van der Waals surface area contributed by atoms with Gasteiger partial charge in [0.2, 0.25) is 0 Å². The van der Waals surface area contributed by atoms with Gasteiger partial charge < -0.3 is 4.74 Å². The fourth-order valence-corrected chi connectivity index (χ4v) is 1.89. The minimum atomic E-state index is -0.00261. The fourth-order valence-electron chi connectivity index (χ4n) is 1.89. The number of hydrogen-bond acceptors (Lipinski definition) is 2. The van der Waals surface area contributed by atoms with Crippen molar-refractivity contribution < 1.29 is 9.53 Å². The van der Waals surface area contributed by atoms with Crippen molar-refractivity contribution in [2.75, 3.05) is 0 Å². The molecule has 0 aliphatic carbocycles. The maximum atomic E-state index is 10.8. The van der Waals surface area contributed by atoms with Crippen LogP contribution in [0.5, 0.6) is 0 Å². The van der Waals surface area contributed by atoms with Gasteiger partial charge in [0.05, 0.1) is 0 Å². The lowest BCUT2D eigenvalue weighted by Crippen LogP contribution is -2.06. The first kappa shape index (κ1) is 11.5. The van der Waals surface area contributed by atoms with Crippen LogP contribution in [0.3, 0.4) is 0 Å². The van der Waals surface area contributed by atoms with Crippen LogP contribution >= 0.6 is 0 Å². The number of rotatable bonds is 6. The SMILES string of the molecule is CC(C)CCCCCC1CCC(=O)O1. The van der Waals surface area contributed by atoms with E-state index in [2.05, 4.69) is 13.8 Å². The second kappa shape index (κ2) is 6.05. The number of unbranched alkanes of at least 4 members (excludes halogenated alkanes) is 2. The summed E-state index contributed by atoms with van der Waals surface area (Å²) >= 11 is 0. The molecular formula is C12H22O2. The number of cyclic esters (lactones) is 1. The first-order valence-corrected chi connectivity index (χ1v) is 5.88. The standard InChI is InChI=1S/C12H22O2/c1-10(2)6-4-3-5-7-11-8-9-12(13)14-11/h10-11H,3-9H2,1-2H3. The maximum Gasteiger partial charge on any atom is 0.306 e. The Kier molecular flexibility index (Phi) is 4.99. The van der Waals surface area contributed by atoms with Crippen molar-refractivity contribution in [3.63, 3.8) is 0 Å². The second-order valence-corrected chi connectivity index (χ2v) is 4.68. The van der Waals surface area contributed by atoms with E-state index in [4.69, 9.17) is 4.74 Å². The third-order valence-electron chi connectivity index (χ3n) is 2.78. The van der Waals surface area contributed by atoms with Gasteiger partial charge in [-0.05, 0) is 25.2 Å². The van der Waals surface area contributed by atoms with E-state index in [1.54, 1.807) is 0 Å². The van der Waals surface area contributed by atoms with Crippen LogP contribution in [0.4, 0.5) is 0 Å². The van der Waals surface area contributed by atoms with Gasteiger partial charge in [-0.1, -0.05) is 33.1 Å². The lowest BCUT2D eigenvalue weighted by Gasteiger charge is -2.08. The van der Waals surface area contributed by atoms with Gasteiger partial charge in [-0.2, -0.15) is 0 Å². The molecule has 0 saturated carbocycles. The normalized spacial score (nSPS) is 21.6. The minimum absolute atomic E-state index is 0.00261. The summed E-state index contributed by atoms with van der Waals surface area (Å²) < 4.78 is 5.15. The van der Waals surface area contributed by atoms with Gasteiger partial charge in [-0.25, -0.2) is 0 Å². The quantitative estimate of drug-likeness (QED) is 0.483. The predicted octanol–water partition coefficient (Wildman–Crippen LogP) is 3.30. The van der Waals surface area contributed by atoms with E-state index >= 15 is 0 Å². The van der Waals surface area contributed by atoms with Gasteiger partial charge in [0.25, 0.3) is 0 Å². The summed E-state index contributed by atoms with van der Waals surface area (Å²) in [5.74, 6) is 0.816. The van der Waals surface area contributed by atoms with Gasteiger partial charge in [0.15, 0.2) is 0 Å². The molecule has 1 unspecified atom stereocenters. The van der Waals surface area contributed by atoms with E-state index in [1.807, 2.05) is 0 Å². The summed E-state index contributed by atoms with van der Waals surface area (Å²) in [6.07, 6.45) is 8.03. The largest absolute Gasteiger partial charge is 0.462 e. The summed E-state index contributed by atoms with van der Waals surface area (Å²) in [5.41, 5.74) is 0. The fraction of sp³-hybridized carbons (Fsp3) is 0.917. The highest BCUT2D eigenvalue weighted by Gasteiger charge is 2.22.